The van der Waals surface area contributed by atoms with E-state index in [1.807, 2.05) is 6.07 Å². The van der Waals surface area contributed by atoms with Crippen molar-refractivity contribution in [3.05, 3.63) is 119 Å². The Hall–Kier alpha value is -4.18. The lowest BCUT2D eigenvalue weighted by Gasteiger charge is -2.23. The number of sulfonamides is 1. The highest BCUT2D eigenvalue weighted by Crippen LogP contribution is 2.31. The molecule has 0 bridgehead atoms. The second kappa shape index (κ2) is 12.8. The van der Waals surface area contributed by atoms with Gasteiger partial charge in [-0.2, -0.15) is 4.31 Å². The zero-order valence-corrected chi connectivity index (χ0v) is 23.4. The molecule has 4 aromatic rings. The van der Waals surface area contributed by atoms with Crippen LogP contribution in [-0.4, -0.2) is 45.2 Å². The predicted molar refractivity (Wildman–Crippen MR) is 154 cm³/mol. The number of hydrogen-bond donors (Lipinski definition) is 1. The van der Waals surface area contributed by atoms with Crippen molar-refractivity contribution in [2.75, 3.05) is 26.1 Å². The van der Waals surface area contributed by atoms with E-state index in [1.54, 1.807) is 60.7 Å². The largest absolute Gasteiger partial charge is 0.493 e. The molecule has 0 aromatic heterocycles. The number of nitrogens with one attached hydrogen (secondary N) is 1. The van der Waals surface area contributed by atoms with E-state index >= 15 is 0 Å². The summed E-state index contributed by atoms with van der Waals surface area (Å²) in [6, 6.07) is 26.2. The van der Waals surface area contributed by atoms with Crippen LogP contribution < -0.4 is 14.8 Å². The van der Waals surface area contributed by atoms with E-state index in [4.69, 9.17) is 21.1 Å². The van der Waals surface area contributed by atoms with Gasteiger partial charge in [0.15, 0.2) is 17.3 Å². The molecule has 0 aliphatic rings. The maximum Gasteiger partial charge on any atom is 0.243 e. The molecule has 0 radical (unpaired) electrons. The standard InChI is InChI=1S/C30H27ClN2O6S/c1-38-27-16-14-24(18-28(27)39-2)40(36,37)33(19-21-9-5-3-6-10-21)20-29(34)32-26-15-13-23(31)17-25(26)30(35)22-11-7-4-8-12-22/h3-18H,19-20H2,1-2H3,(H,32,34). The minimum Gasteiger partial charge on any atom is -0.493 e. The quantitative estimate of drug-likeness (QED) is 0.239. The van der Waals surface area contributed by atoms with E-state index in [1.165, 1.54) is 44.6 Å². The molecule has 40 heavy (non-hydrogen) atoms. The molecule has 1 amide bonds. The Morgan fingerprint density at radius 2 is 1.48 bits per heavy atom. The fourth-order valence-corrected chi connectivity index (χ4v) is 5.62. The van der Waals surface area contributed by atoms with Crippen molar-refractivity contribution < 1.29 is 27.5 Å². The molecule has 0 saturated heterocycles. The lowest BCUT2D eigenvalue weighted by Crippen LogP contribution is -2.37. The Bertz CT molecular complexity index is 1610. The summed E-state index contributed by atoms with van der Waals surface area (Å²) in [5.74, 6) is -0.369. The number of ketones is 1. The molecular formula is C30H27ClN2O6S. The van der Waals surface area contributed by atoms with Gasteiger partial charge in [-0.25, -0.2) is 8.42 Å². The summed E-state index contributed by atoms with van der Waals surface area (Å²) in [6.07, 6.45) is 0. The summed E-state index contributed by atoms with van der Waals surface area (Å²) < 4.78 is 39.1. The number of halogens is 1. The summed E-state index contributed by atoms with van der Waals surface area (Å²) in [7, 11) is -1.31. The van der Waals surface area contributed by atoms with E-state index in [2.05, 4.69) is 5.32 Å². The van der Waals surface area contributed by atoms with Crippen LogP contribution >= 0.6 is 11.6 Å². The average Bonchev–Trinajstić information content (AvgIpc) is 2.97. The molecule has 1 N–H and O–H groups in total. The summed E-state index contributed by atoms with van der Waals surface area (Å²) >= 11 is 6.16. The number of hydrogen-bond acceptors (Lipinski definition) is 6. The number of ether oxygens (including phenoxy) is 2. The minimum atomic E-state index is -4.17. The van der Waals surface area contributed by atoms with Crippen LogP contribution in [0.1, 0.15) is 21.5 Å². The average molecular weight is 579 g/mol. The Morgan fingerprint density at radius 1 is 0.825 bits per heavy atom. The van der Waals surface area contributed by atoms with Crippen molar-refractivity contribution in [2.24, 2.45) is 0 Å². The highest BCUT2D eigenvalue weighted by atomic mass is 35.5. The highest BCUT2D eigenvalue weighted by Gasteiger charge is 2.29. The van der Waals surface area contributed by atoms with Crippen molar-refractivity contribution in [2.45, 2.75) is 11.4 Å². The molecule has 0 saturated carbocycles. The van der Waals surface area contributed by atoms with Crippen LogP contribution in [0, 0.1) is 0 Å². The predicted octanol–water partition coefficient (Wildman–Crippen LogP) is 5.42. The van der Waals surface area contributed by atoms with Crippen molar-refractivity contribution in [1.82, 2.24) is 4.31 Å². The molecule has 0 aliphatic carbocycles. The summed E-state index contributed by atoms with van der Waals surface area (Å²) in [5.41, 5.74) is 1.50. The molecule has 0 atom stereocenters. The van der Waals surface area contributed by atoms with Gasteiger partial charge in [0.25, 0.3) is 0 Å². The number of amides is 1. The molecule has 4 rings (SSSR count). The van der Waals surface area contributed by atoms with Crippen LogP contribution in [0.3, 0.4) is 0 Å². The molecule has 0 aliphatic heterocycles. The zero-order valence-electron chi connectivity index (χ0n) is 21.8. The molecule has 4 aromatic carbocycles. The van der Waals surface area contributed by atoms with Gasteiger partial charge in [0.2, 0.25) is 15.9 Å². The lowest BCUT2D eigenvalue weighted by atomic mass is 10.0. The summed E-state index contributed by atoms with van der Waals surface area (Å²) in [4.78, 5) is 26.4. The molecular weight excluding hydrogens is 552 g/mol. The van der Waals surface area contributed by atoms with Gasteiger partial charge in [-0.3, -0.25) is 9.59 Å². The molecule has 0 unspecified atom stereocenters. The third kappa shape index (κ3) is 6.69. The molecule has 0 heterocycles. The monoisotopic (exact) mass is 578 g/mol. The Morgan fingerprint density at radius 3 is 2.12 bits per heavy atom. The van der Waals surface area contributed by atoms with Crippen molar-refractivity contribution in [1.29, 1.82) is 0 Å². The van der Waals surface area contributed by atoms with Crippen LogP contribution in [0.2, 0.25) is 5.02 Å². The first-order chi connectivity index (χ1) is 19.2. The van der Waals surface area contributed by atoms with E-state index in [-0.39, 0.29) is 34.2 Å². The fraction of sp³-hybridized carbons (Fsp3) is 0.133. The number of benzene rings is 4. The van der Waals surface area contributed by atoms with Crippen molar-refractivity contribution in [3.8, 4) is 11.5 Å². The van der Waals surface area contributed by atoms with E-state index in [9.17, 15) is 18.0 Å². The molecule has 0 spiro atoms. The van der Waals surface area contributed by atoms with Gasteiger partial charge in [-0.1, -0.05) is 72.3 Å². The number of nitrogens with zero attached hydrogens (tertiary/aromatic N) is 1. The number of carbonyl (C=O) groups is 2. The normalized spacial score (nSPS) is 11.2. The van der Waals surface area contributed by atoms with Crippen LogP contribution in [0.4, 0.5) is 5.69 Å². The molecule has 8 nitrogen and oxygen atoms in total. The third-order valence-corrected chi connectivity index (χ3v) is 8.07. The maximum atomic E-state index is 13.8. The highest BCUT2D eigenvalue weighted by molar-refractivity contribution is 7.89. The fourth-order valence-electron chi connectivity index (χ4n) is 4.05. The minimum absolute atomic E-state index is 0.0681. The van der Waals surface area contributed by atoms with E-state index < -0.39 is 22.5 Å². The first-order valence-electron chi connectivity index (χ1n) is 12.2. The van der Waals surface area contributed by atoms with Gasteiger partial charge < -0.3 is 14.8 Å². The van der Waals surface area contributed by atoms with Crippen molar-refractivity contribution >= 4 is 39.0 Å². The number of anilines is 1. The van der Waals surface area contributed by atoms with Gasteiger partial charge in [-0.15, -0.1) is 0 Å². The summed E-state index contributed by atoms with van der Waals surface area (Å²) in [5, 5.41) is 3.02. The van der Waals surface area contributed by atoms with Crippen LogP contribution in [-0.2, 0) is 21.4 Å². The second-order valence-corrected chi connectivity index (χ2v) is 11.1. The van der Waals surface area contributed by atoms with E-state index in [0.29, 0.717) is 21.9 Å². The van der Waals surface area contributed by atoms with Crippen LogP contribution in [0.15, 0.2) is 102 Å². The Labute approximate surface area is 238 Å². The second-order valence-electron chi connectivity index (χ2n) is 8.71. The number of methoxy groups -OCH3 is 2. The smallest absolute Gasteiger partial charge is 0.243 e. The van der Waals surface area contributed by atoms with Gasteiger partial charge in [-0.05, 0) is 35.9 Å². The molecule has 10 heteroatoms. The zero-order chi connectivity index (χ0) is 28.7. The third-order valence-electron chi connectivity index (χ3n) is 6.05. The number of carbonyl (C=O) groups excluding carboxylic acids is 2. The van der Waals surface area contributed by atoms with Crippen LogP contribution in [0.5, 0.6) is 11.5 Å². The topological polar surface area (TPSA) is 102 Å². The van der Waals surface area contributed by atoms with Gasteiger partial charge in [0, 0.05) is 28.8 Å². The Balaban J connectivity index is 1.65. The first kappa shape index (κ1) is 28.8. The molecule has 0 fully saturated rings. The van der Waals surface area contributed by atoms with Gasteiger partial charge in [0.05, 0.1) is 31.3 Å². The first-order valence-corrected chi connectivity index (χ1v) is 14.0. The molecule has 206 valence electrons. The summed E-state index contributed by atoms with van der Waals surface area (Å²) in [6.45, 7) is -0.589. The van der Waals surface area contributed by atoms with Crippen molar-refractivity contribution in [3.63, 3.8) is 0 Å². The SMILES string of the molecule is COc1ccc(S(=O)(=O)N(CC(=O)Nc2ccc(Cl)cc2C(=O)c2ccccc2)Cc2ccccc2)cc1OC. The lowest BCUT2D eigenvalue weighted by molar-refractivity contribution is -0.116. The van der Waals surface area contributed by atoms with Gasteiger partial charge >= 0.3 is 0 Å². The van der Waals surface area contributed by atoms with Crippen LogP contribution in [0.25, 0.3) is 0 Å². The van der Waals surface area contributed by atoms with Gasteiger partial charge in [0.1, 0.15) is 0 Å². The maximum absolute atomic E-state index is 13.8. The number of rotatable bonds is 11. The van der Waals surface area contributed by atoms with E-state index in [0.717, 1.165) is 4.31 Å². The Kier molecular flexibility index (Phi) is 9.21.